The number of halogens is 1. The number of hydrogen-bond acceptors (Lipinski definition) is 3. The highest BCUT2D eigenvalue weighted by atomic mass is 35.5. The molecule has 0 radical (unpaired) electrons. The Bertz CT molecular complexity index is 444. The molecule has 0 aromatic heterocycles. The van der Waals surface area contributed by atoms with E-state index in [0.717, 1.165) is 29.9 Å². The van der Waals surface area contributed by atoms with Crippen molar-refractivity contribution in [1.29, 1.82) is 0 Å². The second-order valence-electron chi connectivity index (χ2n) is 5.24. The first-order valence-corrected chi connectivity index (χ1v) is 8.42. The van der Waals surface area contributed by atoms with E-state index in [0.29, 0.717) is 24.4 Å². The van der Waals surface area contributed by atoms with E-state index < -0.39 is 5.60 Å². The van der Waals surface area contributed by atoms with Crippen molar-refractivity contribution in [2.45, 2.75) is 31.3 Å². The van der Waals surface area contributed by atoms with Crippen molar-refractivity contribution in [1.82, 2.24) is 5.32 Å². The lowest BCUT2D eigenvalue weighted by Crippen LogP contribution is -2.45. The van der Waals surface area contributed by atoms with Gasteiger partial charge in [0.1, 0.15) is 0 Å². The van der Waals surface area contributed by atoms with Gasteiger partial charge in [0.15, 0.2) is 0 Å². The van der Waals surface area contributed by atoms with E-state index in [1.54, 1.807) is 0 Å². The summed E-state index contributed by atoms with van der Waals surface area (Å²) in [5, 5.41) is 13.8. The number of benzene rings is 1. The van der Waals surface area contributed by atoms with Crippen molar-refractivity contribution in [3.05, 3.63) is 34.9 Å². The summed E-state index contributed by atoms with van der Waals surface area (Å²) in [6, 6.07) is 7.53. The van der Waals surface area contributed by atoms with Crippen LogP contribution in [0.25, 0.3) is 0 Å². The summed E-state index contributed by atoms with van der Waals surface area (Å²) in [6.07, 6.45) is 2.65. The number of carbonyl (C=O) groups excluding carboxylic acids is 1. The number of nitrogens with one attached hydrogen (secondary N) is 1. The zero-order valence-corrected chi connectivity index (χ0v) is 13.0. The largest absolute Gasteiger partial charge is 0.388 e. The summed E-state index contributed by atoms with van der Waals surface area (Å²) in [5.41, 5.74) is 0.388. The molecule has 2 N–H and O–H groups in total. The van der Waals surface area contributed by atoms with Gasteiger partial charge in [-0.15, -0.1) is 0 Å². The van der Waals surface area contributed by atoms with Crippen molar-refractivity contribution < 1.29 is 9.90 Å². The van der Waals surface area contributed by atoms with Gasteiger partial charge < -0.3 is 10.4 Å². The number of hydrogen-bond donors (Lipinski definition) is 2. The highest BCUT2D eigenvalue weighted by molar-refractivity contribution is 7.99. The maximum Gasteiger partial charge on any atom is 0.220 e. The van der Waals surface area contributed by atoms with Crippen LogP contribution in [0, 0.1) is 0 Å². The van der Waals surface area contributed by atoms with E-state index >= 15 is 0 Å². The van der Waals surface area contributed by atoms with E-state index in [9.17, 15) is 9.90 Å². The lowest BCUT2D eigenvalue weighted by atomic mass is 9.97. The minimum Gasteiger partial charge on any atom is -0.388 e. The first kappa shape index (κ1) is 15.7. The third kappa shape index (κ3) is 5.00. The Balaban J connectivity index is 1.71. The van der Waals surface area contributed by atoms with Crippen LogP contribution in [0.4, 0.5) is 0 Å². The number of aliphatic hydroxyl groups is 1. The molecule has 0 spiro atoms. The summed E-state index contributed by atoms with van der Waals surface area (Å²) in [4.78, 5) is 11.8. The molecule has 0 atom stereocenters. The van der Waals surface area contributed by atoms with E-state index in [1.807, 2.05) is 36.0 Å². The van der Waals surface area contributed by atoms with E-state index in [1.165, 1.54) is 0 Å². The molecule has 0 aliphatic carbocycles. The summed E-state index contributed by atoms with van der Waals surface area (Å²) in [5.74, 6) is 1.93. The highest BCUT2D eigenvalue weighted by Gasteiger charge is 2.29. The van der Waals surface area contributed by atoms with Crippen molar-refractivity contribution in [2.24, 2.45) is 0 Å². The Kier molecular flexibility index (Phi) is 5.75. The third-order valence-electron chi connectivity index (χ3n) is 3.59. The van der Waals surface area contributed by atoms with E-state index in [2.05, 4.69) is 5.32 Å². The minimum atomic E-state index is -0.707. The zero-order chi connectivity index (χ0) is 14.4. The molecule has 0 bridgehead atoms. The van der Waals surface area contributed by atoms with Gasteiger partial charge in [-0.05, 0) is 48.5 Å². The van der Waals surface area contributed by atoms with Crippen LogP contribution in [0.15, 0.2) is 24.3 Å². The van der Waals surface area contributed by atoms with Crippen molar-refractivity contribution in [2.75, 3.05) is 18.1 Å². The molecule has 1 fully saturated rings. The quantitative estimate of drug-likeness (QED) is 0.878. The van der Waals surface area contributed by atoms with Crippen LogP contribution in [0.1, 0.15) is 24.8 Å². The molecule has 1 heterocycles. The Morgan fingerprint density at radius 2 is 1.95 bits per heavy atom. The fourth-order valence-electron chi connectivity index (χ4n) is 2.19. The highest BCUT2D eigenvalue weighted by Crippen LogP contribution is 2.26. The van der Waals surface area contributed by atoms with Crippen molar-refractivity contribution in [3.63, 3.8) is 0 Å². The van der Waals surface area contributed by atoms with Crippen LogP contribution < -0.4 is 5.32 Å². The van der Waals surface area contributed by atoms with Gasteiger partial charge in [0.25, 0.3) is 0 Å². The monoisotopic (exact) mass is 313 g/mol. The van der Waals surface area contributed by atoms with Crippen LogP contribution in [0.2, 0.25) is 5.02 Å². The van der Waals surface area contributed by atoms with Crippen LogP contribution in [-0.2, 0) is 11.2 Å². The molecule has 1 aromatic carbocycles. The van der Waals surface area contributed by atoms with Crippen molar-refractivity contribution >= 4 is 29.3 Å². The van der Waals surface area contributed by atoms with Gasteiger partial charge in [0, 0.05) is 18.0 Å². The molecule has 0 saturated carbocycles. The summed E-state index contributed by atoms with van der Waals surface area (Å²) < 4.78 is 0. The maximum atomic E-state index is 11.8. The first-order valence-electron chi connectivity index (χ1n) is 6.89. The van der Waals surface area contributed by atoms with Gasteiger partial charge in [0.2, 0.25) is 5.91 Å². The molecule has 1 amide bonds. The average molecular weight is 314 g/mol. The van der Waals surface area contributed by atoms with Gasteiger partial charge >= 0.3 is 0 Å². The predicted octanol–water partition coefficient (Wildman–Crippen LogP) is 2.65. The SMILES string of the molecule is O=C(CCc1ccc(Cl)cc1)NCC1(O)CCSCC1. The summed E-state index contributed by atoms with van der Waals surface area (Å²) in [6.45, 7) is 0.368. The molecular formula is C15H20ClNO2S. The number of carbonyl (C=O) groups is 1. The molecule has 1 aliphatic rings. The summed E-state index contributed by atoms with van der Waals surface area (Å²) in [7, 11) is 0. The van der Waals surface area contributed by atoms with Gasteiger partial charge in [-0.1, -0.05) is 23.7 Å². The number of amides is 1. The molecule has 110 valence electrons. The van der Waals surface area contributed by atoms with Gasteiger partial charge in [0.05, 0.1) is 5.60 Å². The molecule has 3 nitrogen and oxygen atoms in total. The smallest absolute Gasteiger partial charge is 0.220 e. The lowest BCUT2D eigenvalue weighted by Gasteiger charge is -2.31. The number of thioether (sulfide) groups is 1. The van der Waals surface area contributed by atoms with Crippen LogP contribution in [0.3, 0.4) is 0 Å². The minimum absolute atomic E-state index is 0.00778. The number of aryl methyl sites for hydroxylation is 1. The Morgan fingerprint density at radius 1 is 1.30 bits per heavy atom. The second-order valence-corrected chi connectivity index (χ2v) is 6.90. The first-order chi connectivity index (χ1) is 9.57. The van der Waals surface area contributed by atoms with Crippen LogP contribution in [-0.4, -0.2) is 34.7 Å². The van der Waals surface area contributed by atoms with Crippen LogP contribution >= 0.6 is 23.4 Å². The lowest BCUT2D eigenvalue weighted by molar-refractivity contribution is -0.122. The maximum absolute atomic E-state index is 11.8. The molecule has 1 saturated heterocycles. The van der Waals surface area contributed by atoms with Crippen LogP contribution in [0.5, 0.6) is 0 Å². The Hall–Kier alpha value is -0.710. The van der Waals surface area contributed by atoms with Gasteiger partial charge in [-0.3, -0.25) is 4.79 Å². The van der Waals surface area contributed by atoms with Gasteiger partial charge in [-0.2, -0.15) is 11.8 Å². The normalized spacial score (nSPS) is 17.7. The Morgan fingerprint density at radius 3 is 2.60 bits per heavy atom. The fraction of sp³-hybridized carbons (Fsp3) is 0.533. The molecule has 1 aliphatic heterocycles. The average Bonchev–Trinajstić information content (AvgIpc) is 2.45. The molecular weight excluding hydrogens is 294 g/mol. The predicted molar refractivity (Wildman–Crippen MR) is 84.3 cm³/mol. The zero-order valence-electron chi connectivity index (χ0n) is 11.4. The third-order valence-corrected chi connectivity index (χ3v) is 4.83. The second kappa shape index (κ2) is 7.34. The molecule has 2 rings (SSSR count). The topological polar surface area (TPSA) is 49.3 Å². The van der Waals surface area contributed by atoms with E-state index in [-0.39, 0.29) is 5.91 Å². The van der Waals surface area contributed by atoms with E-state index in [4.69, 9.17) is 11.6 Å². The standard InChI is InChI=1S/C15H20ClNO2S/c16-13-4-1-12(2-5-13)3-6-14(18)17-11-15(19)7-9-20-10-8-15/h1-2,4-5,19H,3,6-11H2,(H,17,18). The Labute approximate surface area is 129 Å². The molecule has 20 heavy (non-hydrogen) atoms. The van der Waals surface area contributed by atoms with Crippen molar-refractivity contribution in [3.8, 4) is 0 Å². The number of rotatable bonds is 5. The fourth-order valence-corrected chi connectivity index (χ4v) is 3.57. The molecule has 1 aromatic rings. The van der Waals surface area contributed by atoms with Gasteiger partial charge in [-0.25, -0.2) is 0 Å². The molecule has 0 unspecified atom stereocenters. The summed E-state index contributed by atoms with van der Waals surface area (Å²) >= 11 is 7.67. The molecule has 5 heteroatoms.